The minimum Gasteiger partial charge on any atom is -0.493 e. The van der Waals surface area contributed by atoms with Crippen LogP contribution in [-0.2, 0) is 6.42 Å². The second kappa shape index (κ2) is 8.03. The summed E-state index contributed by atoms with van der Waals surface area (Å²) in [6, 6.07) is 18.8. The molecular weight excluding hydrogens is 369 g/mol. The first-order valence-electron chi connectivity index (χ1n) is 9.57. The predicted molar refractivity (Wildman–Crippen MR) is 113 cm³/mol. The fraction of sp³-hybridized carbons (Fsp3) is 0.250. The van der Waals surface area contributed by atoms with Crippen LogP contribution in [0.25, 0.3) is 11.1 Å². The molecule has 0 fully saturated rings. The second-order valence-corrected chi connectivity index (χ2v) is 7.14. The van der Waals surface area contributed by atoms with Gasteiger partial charge in [-0.05, 0) is 30.3 Å². The Labute approximate surface area is 170 Å². The second-order valence-electron chi connectivity index (χ2n) is 7.14. The molecule has 1 aliphatic rings. The highest BCUT2D eigenvalue weighted by molar-refractivity contribution is 5.80. The van der Waals surface area contributed by atoms with Crippen LogP contribution in [0.15, 0.2) is 60.7 Å². The average molecular weight is 393 g/mol. The maximum absolute atomic E-state index is 14.4. The molecule has 5 heteroatoms. The van der Waals surface area contributed by atoms with Gasteiger partial charge in [0.15, 0.2) is 11.5 Å². The number of rotatable bonds is 6. The maximum Gasteiger partial charge on any atom is 0.168 e. The molecule has 0 spiro atoms. The molecule has 3 aromatic carbocycles. The zero-order valence-corrected chi connectivity index (χ0v) is 16.8. The van der Waals surface area contributed by atoms with E-state index in [9.17, 15) is 4.39 Å². The highest BCUT2D eigenvalue weighted by Gasteiger charge is 2.29. The average Bonchev–Trinajstić information content (AvgIpc) is 3.15. The number of anilines is 1. The molecule has 0 saturated heterocycles. The van der Waals surface area contributed by atoms with Crippen molar-refractivity contribution in [2.75, 3.05) is 32.7 Å². The van der Waals surface area contributed by atoms with Crippen LogP contribution in [0.5, 0.6) is 17.2 Å². The zero-order chi connectivity index (χ0) is 20.4. The van der Waals surface area contributed by atoms with Crippen molar-refractivity contribution >= 4 is 5.69 Å². The standard InChI is InChI=1S/C24H24FNO3/c1-26(18-8-5-4-6-9-18)15-19-13-16-12-17(25)14-21(23(16)29-19)20-10-7-11-22(27-2)24(20)28-3/h4-12,14,19H,13,15H2,1-3H3. The summed E-state index contributed by atoms with van der Waals surface area (Å²) < 4.78 is 31.7. The smallest absolute Gasteiger partial charge is 0.168 e. The fourth-order valence-corrected chi connectivity index (χ4v) is 3.89. The van der Waals surface area contributed by atoms with Crippen molar-refractivity contribution in [2.45, 2.75) is 12.5 Å². The van der Waals surface area contributed by atoms with Crippen LogP contribution in [0, 0.1) is 5.82 Å². The van der Waals surface area contributed by atoms with Crippen molar-refractivity contribution in [1.82, 2.24) is 0 Å². The minimum absolute atomic E-state index is 0.0626. The van der Waals surface area contributed by atoms with Gasteiger partial charge in [0.1, 0.15) is 17.7 Å². The van der Waals surface area contributed by atoms with Crippen LogP contribution in [-0.4, -0.2) is 33.9 Å². The van der Waals surface area contributed by atoms with Gasteiger partial charge in [-0.25, -0.2) is 4.39 Å². The third-order valence-corrected chi connectivity index (χ3v) is 5.23. The molecule has 0 bridgehead atoms. The van der Waals surface area contributed by atoms with Gasteiger partial charge in [-0.2, -0.15) is 0 Å². The lowest BCUT2D eigenvalue weighted by molar-refractivity contribution is 0.240. The van der Waals surface area contributed by atoms with E-state index in [0.717, 1.165) is 16.8 Å². The molecule has 0 aliphatic carbocycles. The van der Waals surface area contributed by atoms with Gasteiger partial charge in [0, 0.05) is 35.8 Å². The topological polar surface area (TPSA) is 30.9 Å². The SMILES string of the molecule is COc1cccc(-c2cc(F)cc3c2OC(CN(C)c2ccccc2)C3)c1OC. The lowest BCUT2D eigenvalue weighted by Crippen LogP contribution is -2.31. The first-order valence-corrected chi connectivity index (χ1v) is 9.57. The summed E-state index contributed by atoms with van der Waals surface area (Å²) in [4.78, 5) is 2.15. The molecule has 0 amide bonds. The first kappa shape index (κ1) is 19.1. The van der Waals surface area contributed by atoms with Crippen LogP contribution in [0.2, 0.25) is 0 Å². The Balaban J connectivity index is 1.66. The number of para-hydroxylation sites is 2. The van der Waals surface area contributed by atoms with Crippen molar-refractivity contribution in [3.05, 3.63) is 72.0 Å². The molecule has 1 aliphatic heterocycles. The van der Waals surface area contributed by atoms with Gasteiger partial charge in [0.2, 0.25) is 0 Å². The summed E-state index contributed by atoms with van der Waals surface area (Å²) in [6.07, 6.45) is 0.594. The molecule has 0 aromatic heterocycles. The van der Waals surface area contributed by atoms with Crippen molar-refractivity contribution in [1.29, 1.82) is 0 Å². The lowest BCUT2D eigenvalue weighted by atomic mass is 9.99. The Kier molecular flexibility index (Phi) is 5.30. The van der Waals surface area contributed by atoms with Gasteiger partial charge in [-0.1, -0.05) is 30.3 Å². The van der Waals surface area contributed by atoms with E-state index < -0.39 is 0 Å². The molecule has 1 heterocycles. The number of fused-ring (bicyclic) bond motifs is 1. The molecule has 4 rings (SSSR count). The molecule has 1 atom stereocenters. The number of hydrogen-bond donors (Lipinski definition) is 0. The normalized spacial score (nSPS) is 14.8. The van der Waals surface area contributed by atoms with Crippen molar-refractivity contribution in [3.63, 3.8) is 0 Å². The van der Waals surface area contributed by atoms with Crippen LogP contribution in [0.1, 0.15) is 5.56 Å². The summed E-state index contributed by atoms with van der Waals surface area (Å²) in [5.74, 6) is 1.59. The lowest BCUT2D eigenvalue weighted by Gasteiger charge is -2.23. The Morgan fingerprint density at radius 2 is 1.79 bits per heavy atom. The van der Waals surface area contributed by atoms with Gasteiger partial charge in [-0.3, -0.25) is 0 Å². The van der Waals surface area contributed by atoms with Crippen LogP contribution >= 0.6 is 0 Å². The molecule has 4 nitrogen and oxygen atoms in total. The molecule has 29 heavy (non-hydrogen) atoms. The zero-order valence-electron chi connectivity index (χ0n) is 16.8. The number of benzene rings is 3. The van der Waals surface area contributed by atoms with E-state index in [1.807, 2.05) is 43.4 Å². The van der Waals surface area contributed by atoms with Crippen LogP contribution in [0.4, 0.5) is 10.1 Å². The Hall–Kier alpha value is -3.21. The largest absolute Gasteiger partial charge is 0.493 e. The predicted octanol–water partition coefficient (Wildman–Crippen LogP) is 4.95. The van der Waals surface area contributed by atoms with E-state index in [4.69, 9.17) is 14.2 Å². The summed E-state index contributed by atoms with van der Waals surface area (Å²) >= 11 is 0. The highest BCUT2D eigenvalue weighted by Crippen LogP contribution is 2.45. The quantitative estimate of drug-likeness (QED) is 0.593. The van der Waals surface area contributed by atoms with Gasteiger partial charge in [0.25, 0.3) is 0 Å². The molecule has 0 N–H and O–H groups in total. The summed E-state index contributed by atoms with van der Waals surface area (Å²) in [7, 11) is 5.21. The van der Waals surface area contributed by atoms with E-state index in [1.165, 1.54) is 6.07 Å². The number of halogens is 1. The number of methoxy groups -OCH3 is 2. The third-order valence-electron chi connectivity index (χ3n) is 5.23. The van der Waals surface area contributed by atoms with Gasteiger partial charge < -0.3 is 19.1 Å². The van der Waals surface area contributed by atoms with Gasteiger partial charge in [-0.15, -0.1) is 0 Å². The number of hydrogen-bond acceptors (Lipinski definition) is 4. The van der Waals surface area contributed by atoms with Crippen LogP contribution < -0.4 is 19.1 Å². The summed E-state index contributed by atoms with van der Waals surface area (Å²) in [6.45, 7) is 0.703. The van der Waals surface area contributed by atoms with E-state index in [2.05, 4.69) is 17.0 Å². The van der Waals surface area contributed by atoms with Crippen molar-refractivity contribution < 1.29 is 18.6 Å². The van der Waals surface area contributed by atoms with Gasteiger partial charge in [0.05, 0.1) is 20.8 Å². The van der Waals surface area contributed by atoms with Crippen molar-refractivity contribution in [3.8, 4) is 28.4 Å². The molecule has 1 unspecified atom stereocenters. The molecule has 0 saturated carbocycles. The molecule has 3 aromatic rings. The van der Waals surface area contributed by atoms with E-state index in [-0.39, 0.29) is 11.9 Å². The number of likely N-dealkylation sites (N-methyl/N-ethyl adjacent to an activating group) is 1. The molecule has 150 valence electrons. The summed E-state index contributed by atoms with van der Waals surface area (Å²) in [5.41, 5.74) is 3.42. The van der Waals surface area contributed by atoms with Gasteiger partial charge >= 0.3 is 0 Å². The maximum atomic E-state index is 14.4. The fourth-order valence-electron chi connectivity index (χ4n) is 3.89. The minimum atomic E-state index is -0.288. The Morgan fingerprint density at radius 3 is 2.52 bits per heavy atom. The number of nitrogens with zero attached hydrogens (tertiary/aromatic N) is 1. The summed E-state index contributed by atoms with van der Waals surface area (Å²) in [5, 5.41) is 0. The molecule has 0 radical (unpaired) electrons. The van der Waals surface area contributed by atoms with E-state index in [1.54, 1.807) is 20.3 Å². The third kappa shape index (κ3) is 3.73. The van der Waals surface area contributed by atoms with E-state index in [0.29, 0.717) is 35.8 Å². The van der Waals surface area contributed by atoms with E-state index >= 15 is 0 Å². The highest BCUT2D eigenvalue weighted by atomic mass is 19.1. The molecular formula is C24H24FNO3. The Bertz CT molecular complexity index is 1010. The van der Waals surface area contributed by atoms with Crippen LogP contribution in [0.3, 0.4) is 0 Å². The Morgan fingerprint density at radius 1 is 1.00 bits per heavy atom. The van der Waals surface area contributed by atoms with Crippen molar-refractivity contribution in [2.24, 2.45) is 0 Å². The first-order chi connectivity index (χ1) is 14.1. The monoisotopic (exact) mass is 393 g/mol. The number of ether oxygens (including phenoxy) is 3.